The summed E-state index contributed by atoms with van der Waals surface area (Å²) in [4.78, 5) is 0.286. The van der Waals surface area contributed by atoms with Gasteiger partial charge in [-0.25, -0.2) is 8.42 Å². The van der Waals surface area contributed by atoms with Crippen LogP contribution in [-0.2, 0) is 23.0 Å². The van der Waals surface area contributed by atoms with Gasteiger partial charge in [0, 0.05) is 25.0 Å². The number of anilines is 2. The molecule has 3 rings (SSSR count). The van der Waals surface area contributed by atoms with Crippen LogP contribution >= 0.6 is 0 Å². The van der Waals surface area contributed by atoms with Crippen molar-refractivity contribution in [3.8, 4) is 0 Å². The third-order valence-corrected chi connectivity index (χ3v) is 4.91. The molecule has 0 saturated carbocycles. The molecule has 21 heavy (non-hydrogen) atoms. The van der Waals surface area contributed by atoms with Crippen LogP contribution in [0.1, 0.15) is 18.9 Å². The van der Waals surface area contributed by atoms with Crippen LogP contribution in [0, 0.1) is 0 Å². The fourth-order valence-corrected chi connectivity index (χ4v) is 3.50. The number of aromatic nitrogens is 2. The molecule has 2 N–H and O–H groups in total. The van der Waals surface area contributed by atoms with E-state index < -0.39 is 10.0 Å². The smallest absolute Gasteiger partial charge is 0.262 e. The first-order chi connectivity index (χ1) is 10.1. The molecule has 7 heteroatoms. The molecule has 112 valence electrons. The minimum Gasteiger partial charge on any atom is -0.385 e. The molecule has 0 radical (unpaired) electrons. The number of nitrogens with zero attached hydrogens (tertiary/aromatic N) is 2. The van der Waals surface area contributed by atoms with Crippen LogP contribution in [0.2, 0.25) is 0 Å². The second-order valence-corrected chi connectivity index (χ2v) is 6.72. The molecule has 2 heterocycles. The molecule has 0 unspecified atom stereocenters. The largest absolute Gasteiger partial charge is 0.385 e. The molecular formula is C14H18N4O2S. The van der Waals surface area contributed by atoms with E-state index in [1.807, 2.05) is 13.0 Å². The second kappa shape index (κ2) is 5.40. The van der Waals surface area contributed by atoms with Crippen LogP contribution in [0.25, 0.3) is 0 Å². The van der Waals surface area contributed by atoms with Crippen LogP contribution in [0.4, 0.5) is 11.4 Å². The minimum absolute atomic E-state index is 0.286. The Kier molecular flexibility index (Phi) is 3.59. The molecule has 0 fully saturated rings. The zero-order chi connectivity index (χ0) is 14.9. The van der Waals surface area contributed by atoms with E-state index in [1.54, 1.807) is 23.0 Å². The van der Waals surface area contributed by atoms with Crippen molar-refractivity contribution < 1.29 is 8.42 Å². The molecule has 1 aliphatic rings. The number of rotatable bonds is 4. The topological polar surface area (TPSA) is 76.0 Å². The molecule has 0 amide bonds. The Labute approximate surface area is 124 Å². The van der Waals surface area contributed by atoms with Gasteiger partial charge < -0.3 is 5.32 Å². The summed E-state index contributed by atoms with van der Waals surface area (Å²) in [5.41, 5.74) is 2.56. The molecule has 1 aromatic heterocycles. The summed E-state index contributed by atoms with van der Waals surface area (Å²) in [5, 5.41) is 7.34. The number of hydrogen-bond donors (Lipinski definition) is 2. The average molecular weight is 306 g/mol. The number of nitrogens with one attached hydrogen (secondary N) is 2. The predicted octanol–water partition coefficient (Wildman–Crippen LogP) is 2.06. The van der Waals surface area contributed by atoms with Crippen LogP contribution in [0.5, 0.6) is 0 Å². The average Bonchev–Trinajstić information content (AvgIpc) is 2.93. The SMILES string of the molecule is CCn1cc(NS(=O)(=O)c2ccc3c(c2)CCCN3)cn1. The molecule has 0 atom stereocenters. The van der Waals surface area contributed by atoms with Crippen LogP contribution in [0.15, 0.2) is 35.5 Å². The van der Waals surface area contributed by atoms with Gasteiger partial charge in [0.15, 0.2) is 0 Å². The van der Waals surface area contributed by atoms with Crippen LogP contribution < -0.4 is 10.0 Å². The standard InChI is InChI=1S/C14H18N4O2S/c1-2-18-10-12(9-16-18)17-21(19,20)13-5-6-14-11(8-13)4-3-7-15-14/h5-6,8-10,15,17H,2-4,7H2,1H3. The lowest BCUT2D eigenvalue weighted by atomic mass is 10.0. The quantitative estimate of drug-likeness (QED) is 0.906. The number of hydrogen-bond acceptors (Lipinski definition) is 4. The summed E-state index contributed by atoms with van der Waals surface area (Å²) in [5.74, 6) is 0. The number of sulfonamides is 1. The van der Waals surface area contributed by atoms with E-state index in [9.17, 15) is 8.42 Å². The molecule has 0 aliphatic carbocycles. The summed E-state index contributed by atoms with van der Waals surface area (Å²) in [6.45, 7) is 3.58. The molecule has 2 aromatic rings. The Bertz CT molecular complexity index is 752. The van der Waals surface area contributed by atoms with Gasteiger partial charge in [-0.2, -0.15) is 5.10 Å². The van der Waals surface area contributed by atoms with Crippen molar-refractivity contribution in [2.24, 2.45) is 0 Å². The van der Waals surface area contributed by atoms with E-state index >= 15 is 0 Å². The maximum atomic E-state index is 12.4. The predicted molar refractivity (Wildman–Crippen MR) is 82.0 cm³/mol. The fraction of sp³-hybridized carbons (Fsp3) is 0.357. The summed E-state index contributed by atoms with van der Waals surface area (Å²) < 4.78 is 29.1. The Hall–Kier alpha value is -2.02. The molecule has 0 bridgehead atoms. The third kappa shape index (κ3) is 2.87. The summed E-state index contributed by atoms with van der Waals surface area (Å²) >= 11 is 0. The van der Waals surface area contributed by atoms with Crippen molar-refractivity contribution in [1.29, 1.82) is 0 Å². The first-order valence-electron chi connectivity index (χ1n) is 7.00. The minimum atomic E-state index is -3.57. The highest BCUT2D eigenvalue weighted by atomic mass is 32.2. The Morgan fingerprint density at radius 1 is 1.43 bits per heavy atom. The van der Waals surface area contributed by atoms with E-state index in [0.29, 0.717) is 12.2 Å². The molecule has 1 aliphatic heterocycles. The van der Waals surface area contributed by atoms with Crippen molar-refractivity contribution in [3.63, 3.8) is 0 Å². The number of benzene rings is 1. The summed E-state index contributed by atoms with van der Waals surface area (Å²) in [6, 6.07) is 5.20. The number of aryl methyl sites for hydroxylation is 2. The molecule has 6 nitrogen and oxygen atoms in total. The maximum absolute atomic E-state index is 12.4. The van der Waals surface area contributed by atoms with Crippen molar-refractivity contribution in [3.05, 3.63) is 36.2 Å². The molecular weight excluding hydrogens is 288 g/mol. The van der Waals surface area contributed by atoms with Gasteiger partial charge in [-0.1, -0.05) is 0 Å². The monoisotopic (exact) mass is 306 g/mol. The maximum Gasteiger partial charge on any atom is 0.262 e. The Balaban J connectivity index is 1.87. The van der Waals surface area contributed by atoms with E-state index in [1.165, 1.54) is 6.20 Å². The zero-order valence-corrected chi connectivity index (χ0v) is 12.7. The normalized spacial score (nSPS) is 14.3. The van der Waals surface area contributed by atoms with Gasteiger partial charge in [0.05, 0.1) is 16.8 Å². The van der Waals surface area contributed by atoms with Gasteiger partial charge in [-0.05, 0) is 43.5 Å². The fourth-order valence-electron chi connectivity index (χ4n) is 2.42. The second-order valence-electron chi connectivity index (χ2n) is 5.04. The van der Waals surface area contributed by atoms with E-state index in [0.717, 1.165) is 30.6 Å². The highest BCUT2D eigenvalue weighted by molar-refractivity contribution is 7.92. The summed E-state index contributed by atoms with van der Waals surface area (Å²) in [6.07, 6.45) is 5.12. The van der Waals surface area contributed by atoms with Crippen molar-refractivity contribution in [2.75, 3.05) is 16.6 Å². The van der Waals surface area contributed by atoms with Gasteiger partial charge in [-0.3, -0.25) is 9.40 Å². The first-order valence-corrected chi connectivity index (χ1v) is 8.49. The van der Waals surface area contributed by atoms with Gasteiger partial charge in [0.25, 0.3) is 10.0 Å². The lowest BCUT2D eigenvalue weighted by molar-refractivity contribution is 0.601. The van der Waals surface area contributed by atoms with Crippen LogP contribution in [-0.4, -0.2) is 24.7 Å². The lowest BCUT2D eigenvalue weighted by Gasteiger charge is -2.18. The van der Waals surface area contributed by atoms with E-state index in [-0.39, 0.29) is 4.90 Å². The van der Waals surface area contributed by atoms with Gasteiger partial charge in [0.2, 0.25) is 0 Å². The molecule has 1 aromatic carbocycles. The lowest BCUT2D eigenvalue weighted by Crippen LogP contribution is -2.15. The first kappa shape index (κ1) is 13.9. The van der Waals surface area contributed by atoms with E-state index in [4.69, 9.17) is 0 Å². The van der Waals surface area contributed by atoms with Gasteiger partial charge >= 0.3 is 0 Å². The third-order valence-electron chi connectivity index (χ3n) is 3.53. The summed E-state index contributed by atoms with van der Waals surface area (Å²) in [7, 11) is -3.57. The Morgan fingerprint density at radius 2 is 2.29 bits per heavy atom. The Morgan fingerprint density at radius 3 is 3.05 bits per heavy atom. The van der Waals surface area contributed by atoms with Crippen LogP contribution in [0.3, 0.4) is 0 Å². The molecule has 0 saturated heterocycles. The zero-order valence-electron chi connectivity index (χ0n) is 11.8. The van der Waals surface area contributed by atoms with Crippen molar-refractivity contribution in [2.45, 2.75) is 31.2 Å². The van der Waals surface area contributed by atoms with Crippen molar-refractivity contribution >= 4 is 21.4 Å². The number of fused-ring (bicyclic) bond motifs is 1. The van der Waals surface area contributed by atoms with Gasteiger partial charge in [0.1, 0.15) is 0 Å². The van der Waals surface area contributed by atoms with E-state index in [2.05, 4.69) is 15.1 Å². The van der Waals surface area contributed by atoms with Gasteiger partial charge in [-0.15, -0.1) is 0 Å². The highest BCUT2D eigenvalue weighted by Crippen LogP contribution is 2.25. The van der Waals surface area contributed by atoms with Crippen molar-refractivity contribution in [1.82, 2.24) is 9.78 Å². The highest BCUT2D eigenvalue weighted by Gasteiger charge is 2.18. The molecule has 0 spiro atoms.